The van der Waals surface area contributed by atoms with Gasteiger partial charge in [0.2, 0.25) is 8.32 Å². The first-order chi connectivity index (χ1) is 8.04. The third-order valence-corrected chi connectivity index (χ3v) is 4.15. The molecule has 0 fully saturated rings. The van der Waals surface area contributed by atoms with Gasteiger partial charge in [0.1, 0.15) is 0 Å². The zero-order valence-electron chi connectivity index (χ0n) is 11.1. The van der Waals surface area contributed by atoms with Crippen LogP contribution in [0.1, 0.15) is 6.42 Å². The highest BCUT2D eigenvalue weighted by molar-refractivity contribution is 6.70. The Morgan fingerprint density at radius 2 is 1.44 bits per heavy atom. The lowest BCUT2D eigenvalue weighted by Crippen LogP contribution is -2.50. The second kappa shape index (κ2) is 6.98. The van der Waals surface area contributed by atoms with Gasteiger partial charge in [-0.05, 0) is 19.6 Å². The predicted molar refractivity (Wildman–Crippen MR) is 61.9 cm³/mol. The van der Waals surface area contributed by atoms with Gasteiger partial charge in [-0.3, -0.25) is 4.58 Å². The number of halogens is 3. The summed E-state index contributed by atoms with van der Waals surface area (Å²) in [5.41, 5.74) is 0. The minimum Gasteiger partial charge on any atom is -0.353 e. The Balaban J connectivity index is 4.34. The number of alkyl halides is 3. The zero-order chi connectivity index (χ0) is 14.4. The number of hydrogen-bond donors (Lipinski definition) is 0. The van der Waals surface area contributed by atoms with Gasteiger partial charge in [0.25, 0.3) is 0 Å². The van der Waals surface area contributed by atoms with E-state index in [1.165, 1.54) is 14.2 Å². The van der Waals surface area contributed by atoms with Crippen molar-refractivity contribution in [2.24, 2.45) is 0 Å². The van der Waals surface area contributed by atoms with Crippen LogP contribution in [0.5, 0.6) is 0 Å². The highest BCUT2D eigenvalue weighted by atomic mass is 28.4. The van der Waals surface area contributed by atoms with Crippen LogP contribution in [-0.4, -0.2) is 44.4 Å². The van der Waals surface area contributed by atoms with Crippen molar-refractivity contribution in [3.8, 4) is 0 Å². The molecule has 0 amide bonds. The summed E-state index contributed by atoms with van der Waals surface area (Å²) in [6.07, 6.45) is -5.41. The molecule has 10 heteroatoms. The Hall–Kier alpha value is 0.0238. The first-order valence-electron chi connectivity index (χ1n) is 5.21. The average molecular weight is 308 g/mol. The summed E-state index contributed by atoms with van der Waals surface area (Å²) >= 11 is 0. The molecule has 0 aromatic heterocycles. The number of rotatable bonds is 8. The van der Waals surface area contributed by atoms with Crippen molar-refractivity contribution < 1.29 is 35.6 Å². The van der Waals surface area contributed by atoms with E-state index in [0.717, 1.165) is 0 Å². The lowest BCUT2D eigenvalue weighted by Gasteiger charge is -2.27. The van der Waals surface area contributed by atoms with Crippen LogP contribution in [-0.2, 0) is 22.4 Å². The van der Waals surface area contributed by atoms with Crippen LogP contribution >= 0.6 is 0 Å². The maximum absolute atomic E-state index is 12.0. The fourth-order valence-corrected chi connectivity index (χ4v) is 3.11. The summed E-state index contributed by atoms with van der Waals surface area (Å²) in [7, 11) is -3.20. The van der Waals surface area contributed by atoms with Crippen LogP contribution in [0.25, 0.3) is 0 Å². The second-order valence-corrected chi connectivity index (χ2v) is 11.1. The lowest BCUT2D eigenvalue weighted by atomic mass is 10.5. The average Bonchev–Trinajstić information content (AvgIpc) is 2.20. The molecular formula is C8H19F3O5Si2. The minimum absolute atomic E-state index is 0.605. The largest absolute Gasteiger partial charge is 0.706 e. The van der Waals surface area contributed by atoms with Crippen molar-refractivity contribution in [2.45, 2.75) is 32.2 Å². The Morgan fingerprint density at radius 1 is 0.944 bits per heavy atom. The van der Waals surface area contributed by atoms with Crippen LogP contribution < -0.4 is 0 Å². The van der Waals surface area contributed by atoms with Gasteiger partial charge in [-0.15, -0.1) is 0 Å². The molecule has 0 aromatic rings. The maximum Gasteiger partial charge on any atom is 0.706 e. The summed E-state index contributed by atoms with van der Waals surface area (Å²) in [5, 5.41) is 0. The van der Waals surface area contributed by atoms with Crippen LogP contribution in [0.2, 0.25) is 19.6 Å². The third kappa shape index (κ3) is 8.18. The molecular weight excluding hydrogens is 289 g/mol. The molecule has 18 heavy (non-hydrogen) atoms. The predicted octanol–water partition coefficient (Wildman–Crippen LogP) is 2.47. The quantitative estimate of drug-likeness (QED) is 0.391. The molecule has 0 bridgehead atoms. The van der Waals surface area contributed by atoms with Gasteiger partial charge in [-0.1, -0.05) is 0 Å². The summed E-state index contributed by atoms with van der Waals surface area (Å²) in [5.74, 6) is 0. The minimum atomic E-state index is -4.30. The second-order valence-electron chi connectivity index (χ2n) is 4.40. The van der Waals surface area contributed by atoms with E-state index in [4.69, 9.17) is 22.4 Å². The normalized spacial score (nSPS) is 14.0. The molecule has 0 radical (unpaired) electrons. The smallest absolute Gasteiger partial charge is 0.353 e. The van der Waals surface area contributed by atoms with E-state index in [9.17, 15) is 13.2 Å². The van der Waals surface area contributed by atoms with Gasteiger partial charge in [0.15, 0.2) is 0 Å². The summed E-state index contributed by atoms with van der Waals surface area (Å²) < 4.78 is 60.8. The monoisotopic (exact) mass is 308 g/mol. The van der Waals surface area contributed by atoms with Crippen molar-refractivity contribution in [1.29, 1.82) is 0 Å². The number of hydrogen-bond acceptors (Lipinski definition) is 5. The molecule has 0 spiro atoms. The van der Waals surface area contributed by atoms with Gasteiger partial charge in [0, 0.05) is 20.8 Å². The molecule has 0 saturated carbocycles. The van der Waals surface area contributed by atoms with Crippen molar-refractivity contribution in [3.63, 3.8) is 0 Å². The molecule has 110 valence electrons. The van der Waals surface area contributed by atoms with E-state index in [-0.39, 0.29) is 0 Å². The van der Waals surface area contributed by atoms with E-state index in [2.05, 4.69) is 0 Å². The molecule has 0 heterocycles. The fraction of sp³-hybridized carbons (Fsp3) is 1.00. The summed E-state index contributed by atoms with van der Waals surface area (Å²) in [6.45, 7) is 4.92. The van der Waals surface area contributed by atoms with Gasteiger partial charge in [-0.25, -0.2) is 4.58 Å². The SMILES string of the molecule is CO[Si](OC)(OCCC(F)(F)F)OO[Si](C)(C)C. The molecule has 0 saturated heterocycles. The van der Waals surface area contributed by atoms with E-state index in [1.54, 1.807) is 0 Å². The van der Waals surface area contributed by atoms with E-state index < -0.39 is 36.6 Å². The van der Waals surface area contributed by atoms with Crippen LogP contribution in [0.15, 0.2) is 0 Å². The third-order valence-electron chi connectivity index (χ3n) is 1.56. The van der Waals surface area contributed by atoms with Crippen LogP contribution in [0.4, 0.5) is 13.2 Å². The molecule has 5 nitrogen and oxygen atoms in total. The van der Waals surface area contributed by atoms with E-state index in [0.29, 0.717) is 0 Å². The highest BCUT2D eigenvalue weighted by Gasteiger charge is 2.47. The van der Waals surface area contributed by atoms with Gasteiger partial charge < -0.3 is 13.3 Å². The lowest BCUT2D eigenvalue weighted by molar-refractivity contribution is -0.207. The van der Waals surface area contributed by atoms with E-state index in [1.807, 2.05) is 19.6 Å². The van der Waals surface area contributed by atoms with Gasteiger partial charge in [-0.2, -0.15) is 13.2 Å². The van der Waals surface area contributed by atoms with Crippen LogP contribution in [0.3, 0.4) is 0 Å². The van der Waals surface area contributed by atoms with Crippen molar-refractivity contribution in [2.75, 3.05) is 20.8 Å². The Labute approximate surface area is 107 Å². The molecule has 0 aliphatic rings. The molecule has 0 unspecified atom stereocenters. The van der Waals surface area contributed by atoms with Crippen molar-refractivity contribution in [1.82, 2.24) is 0 Å². The fourth-order valence-electron chi connectivity index (χ4n) is 0.761. The van der Waals surface area contributed by atoms with Crippen molar-refractivity contribution in [3.05, 3.63) is 0 Å². The Morgan fingerprint density at radius 3 is 1.78 bits per heavy atom. The molecule has 0 rings (SSSR count). The Bertz CT molecular complexity index is 240. The Kier molecular flexibility index (Phi) is 6.99. The van der Waals surface area contributed by atoms with Gasteiger partial charge >= 0.3 is 15.2 Å². The van der Waals surface area contributed by atoms with E-state index >= 15 is 0 Å². The highest BCUT2D eigenvalue weighted by Crippen LogP contribution is 2.21. The summed E-state index contributed by atoms with van der Waals surface area (Å²) in [4.78, 5) is 0. The summed E-state index contributed by atoms with van der Waals surface area (Å²) in [6, 6.07) is 0. The van der Waals surface area contributed by atoms with Gasteiger partial charge in [0.05, 0.1) is 6.42 Å². The molecule has 0 aliphatic heterocycles. The van der Waals surface area contributed by atoms with Crippen molar-refractivity contribution >= 4 is 17.4 Å². The molecule has 0 aliphatic carbocycles. The topological polar surface area (TPSA) is 46.2 Å². The standard InChI is InChI=1S/C8H19F3O5Si2/c1-12-18(13-2,16-15-17(3,4)5)14-7-6-8(9,10)11/h6-7H2,1-5H3. The molecule has 0 N–H and O–H groups in total. The van der Waals surface area contributed by atoms with Crippen LogP contribution in [0, 0.1) is 0 Å². The molecule has 0 aromatic carbocycles. The molecule has 0 atom stereocenters. The first kappa shape index (κ1) is 18.0. The zero-order valence-corrected chi connectivity index (χ0v) is 13.1. The maximum atomic E-state index is 12.0. The first-order valence-corrected chi connectivity index (χ1v) is 10.3.